The summed E-state index contributed by atoms with van der Waals surface area (Å²) in [7, 11) is 5.35. The van der Waals surface area contributed by atoms with Crippen LogP contribution in [0.2, 0.25) is 0 Å². The molecule has 0 spiro atoms. The van der Waals surface area contributed by atoms with E-state index in [1.807, 2.05) is 36.5 Å². The van der Waals surface area contributed by atoms with Gasteiger partial charge in [0.15, 0.2) is 0 Å². The molecule has 0 bridgehead atoms. The number of carbonyl (C=O) groups excluding carboxylic acids is 1. The van der Waals surface area contributed by atoms with E-state index in [1.54, 1.807) is 41.5 Å². The fraction of sp³-hybridized carbons (Fsp3) is 0.360. The summed E-state index contributed by atoms with van der Waals surface area (Å²) in [6, 6.07) is 10.6. The zero-order chi connectivity index (χ0) is 24.1. The molecule has 1 aliphatic rings. The molecular weight excluding hydrogens is 487 g/mol. The predicted octanol–water partition coefficient (Wildman–Crippen LogP) is 4.23. The van der Waals surface area contributed by atoms with E-state index in [9.17, 15) is 4.79 Å². The standard InChI is InChI=1S/C25H29FN4O3S.H2S/c1-27-9-8-22(23-5-4-12-34-23)33-18-7-6-17(20(26)13-18)16-30-11-10-29(2)21-14-24(32-3)28-15-19(21)25(30)31;/h4-7,12-15,22,27H,8-11,16H2,1-3H3;1H2/t22-;/m0./s1. The number of pyridine rings is 1. The number of anilines is 1. The van der Waals surface area contributed by atoms with Crippen molar-refractivity contribution in [1.82, 2.24) is 15.2 Å². The molecule has 1 aliphatic heterocycles. The zero-order valence-electron chi connectivity index (χ0n) is 20.1. The van der Waals surface area contributed by atoms with Crippen molar-refractivity contribution in [3.05, 3.63) is 69.8 Å². The number of amides is 1. The molecule has 0 saturated carbocycles. The molecule has 2 aromatic heterocycles. The molecule has 0 radical (unpaired) electrons. The molecule has 0 aliphatic carbocycles. The van der Waals surface area contributed by atoms with Crippen molar-refractivity contribution >= 4 is 36.4 Å². The predicted molar refractivity (Wildman–Crippen MR) is 142 cm³/mol. The van der Waals surface area contributed by atoms with Crippen molar-refractivity contribution in [2.24, 2.45) is 0 Å². The summed E-state index contributed by atoms with van der Waals surface area (Å²) in [6.45, 7) is 2.03. The molecule has 7 nitrogen and oxygen atoms in total. The molecule has 4 rings (SSSR count). The molecule has 0 fully saturated rings. The van der Waals surface area contributed by atoms with Crippen LogP contribution in [0.15, 0.2) is 48.0 Å². The lowest BCUT2D eigenvalue weighted by molar-refractivity contribution is 0.0753. The Hall–Kier alpha value is -2.82. The first-order valence-corrected chi connectivity index (χ1v) is 12.1. The van der Waals surface area contributed by atoms with Gasteiger partial charge in [0.05, 0.1) is 18.4 Å². The average Bonchev–Trinajstić information content (AvgIpc) is 3.36. The highest BCUT2D eigenvalue weighted by molar-refractivity contribution is 7.59. The number of nitrogens with one attached hydrogen (secondary N) is 1. The first-order chi connectivity index (χ1) is 16.5. The van der Waals surface area contributed by atoms with Crippen LogP contribution in [-0.4, -0.2) is 56.6 Å². The minimum Gasteiger partial charge on any atom is -0.485 e. The Morgan fingerprint density at radius 3 is 2.77 bits per heavy atom. The van der Waals surface area contributed by atoms with Gasteiger partial charge in [-0.3, -0.25) is 4.79 Å². The molecule has 1 N–H and O–H groups in total. The van der Waals surface area contributed by atoms with Crippen LogP contribution < -0.4 is 19.7 Å². The Labute approximate surface area is 216 Å². The number of ether oxygens (including phenoxy) is 2. The number of carbonyl (C=O) groups is 1. The molecule has 1 aromatic carbocycles. The van der Waals surface area contributed by atoms with Crippen LogP contribution in [0.25, 0.3) is 0 Å². The summed E-state index contributed by atoms with van der Waals surface area (Å²) in [5.74, 6) is 0.344. The van der Waals surface area contributed by atoms with Crippen LogP contribution >= 0.6 is 24.8 Å². The van der Waals surface area contributed by atoms with E-state index in [2.05, 4.69) is 10.3 Å². The van der Waals surface area contributed by atoms with Gasteiger partial charge in [-0.15, -0.1) is 11.3 Å². The SMILES string of the molecule is CNCC[C@H](Oc1ccc(CN2CCN(C)c3cc(OC)ncc3C2=O)c(F)c1)c1cccs1.S. The fourth-order valence-corrected chi connectivity index (χ4v) is 4.73. The maximum atomic E-state index is 15.1. The summed E-state index contributed by atoms with van der Waals surface area (Å²) in [5.41, 5.74) is 1.67. The smallest absolute Gasteiger partial charge is 0.257 e. The van der Waals surface area contributed by atoms with E-state index < -0.39 is 5.82 Å². The van der Waals surface area contributed by atoms with Crippen molar-refractivity contribution in [1.29, 1.82) is 0 Å². The first kappa shape index (κ1) is 26.8. The van der Waals surface area contributed by atoms with E-state index in [-0.39, 0.29) is 32.1 Å². The van der Waals surface area contributed by atoms with Crippen LogP contribution in [0.3, 0.4) is 0 Å². The minimum absolute atomic E-state index is 0. The van der Waals surface area contributed by atoms with Crippen LogP contribution in [0.4, 0.5) is 10.1 Å². The van der Waals surface area contributed by atoms with Crippen molar-refractivity contribution in [2.45, 2.75) is 19.1 Å². The summed E-state index contributed by atoms with van der Waals surface area (Å²) in [5, 5.41) is 5.14. The number of benzene rings is 1. The largest absolute Gasteiger partial charge is 0.485 e. The van der Waals surface area contributed by atoms with Gasteiger partial charge in [0.1, 0.15) is 17.7 Å². The Morgan fingerprint density at radius 2 is 2.09 bits per heavy atom. The van der Waals surface area contributed by atoms with Gasteiger partial charge in [-0.25, -0.2) is 9.37 Å². The van der Waals surface area contributed by atoms with Crippen LogP contribution in [0.1, 0.15) is 33.3 Å². The molecule has 0 saturated heterocycles. The van der Waals surface area contributed by atoms with E-state index >= 15 is 4.39 Å². The average molecular weight is 519 g/mol. The first-order valence-electron chi connectivity index (χ1n) is 11.2. The summed E-state index contributed by atoms with van der Waals surface area (Å²) in [4.78, 5) is 22.1. The number of aromatic nitrogens is 1. The van der Waals surface area contributed by atoms with E-state index in [4.69, 9.17) is 9.47 Å². The summed E-state index contributed by atoms with van der Waals surface area (Å²) >= 11 is 1.62. The monoisotopic (exact) mass is 518 g/mol. The Morgan fingerprint density at radius 1 is 1.26 bits per heavy atom. The highest BCUT2D eigenvalue weighted by atomic mass is 32.1. The lowest BCUT2D eigenvalue weighted by atomic mass is 10.1. The molecular formula is C25H31FN4O3S2. The third-order valence-corrected chi connectivity index (χ3v) is 6.85. The number of halogens is 1. The number of likely N-dealkylation sites (N-methyl/N-ethyl adjacent to an activating group) is 1. The third kappa shape index (κ3) is 6.25. The third-order valence-electron chi connectivity index (χ3n) is 5.88. The van der Waals surface area contributed by atoms with Crippen molar-refractivity contribution in [3.8, 4) is 11.6 Å². The lowest BCUT2D eigenvalue weighted by Gasteiger charge is -2.22. The molecule has 3 aromatic rings. The summed E-state index contributed by atoms with van der Waals surface area (Å²) in [6.07, 6.45) is 2.14. The number of nitrogens with zero attached hydrogens (tertiary/aromatic N) is 3. The molecule has 35 heavy (non-hydrogen) atoms. The second kappa shape index (κ2) is 12.2. The maximum absolute atomic E-state index is 15.1. The van der Waals surface area contributed by atoms with Gasteiger partial charge in [-0.2, -0.15) is 13.5 Å². The number of hydrogen-bond acceptors (Lipinski definition) is 7. The van der Waals surface area contributed by atoms with Gasteiger partial charge in [0.2, 0.25) is 5.88 Å². The number of thiophene rings is 1. The van der Waals surface area contributed by atoms with Gasteiger partial charge < -0.3 is 24.6 Å². The van der Waals surface area contributed by atoms with Crippen molar-refractivity contribution in [3.63, 3.8) is 0 Å². The van der Waals surface area contributed by atoms with E-state index in [0.29, 0.717) is 35.8 Å². The summed E-state index contributed by atoms with van der Waals surface area (Å²) < 4.78 is 26.4. The zero-order valence-corrected chi connectivity index (χ0v) is 21.9. The number of fused-ring (bicyclic) bond motifs is 1. The second-order valence-electron chi connectivity index (χ2n) is 8.16. The fourth-order valence-electron chi connectivity index (χ4n) is 3.94. The van der Waals surface area contributed by atoms with E-state index in [1.165, 1.54) is 12.3 Å². The molecule has 0 unspecified atom stereocenters. The van der Waals surface area contributed by atoms with E-state index in [0.717, 1.165) is 23.5 Å². The number of rotatable bonds is 9. The van der Waals surface area contributed by atoms with Crippen molar-refractivity contribution < 1.29 is 18.7 Å². The van der Waals surface area contributed by atoms with Gasteiger partial charge in [-0.05, 0) is 31.1 Å². The van der Waals surface area contributed by atoms with Gasteiger partial charge in [0, 0.05) is 61.9 Å². The van der Waals surface area contributed by atoms with Crippen LogP contribution in [-0.2, 0) is 6.54 Å². The molecule has 10 heteroatoms. The van der Waals surface area contributed by atoms with Gasteiger partial charge >= 0.3 is 0 Å². The quantitative estimate of drug-likeness (QED) is 0.458. The molecule has 1 amide bonds. The number of methoxy groups -OCH3 is 1. The van der Waals surface area contributed by atoms with Crippen LogP contribution in [0.5, 0.6) is 11.6 Å². The Kier molecular flexibility index (Phi) is 9.36. The molecule has 1 atom stereocenters. The molecule has 3 heterocycles. The molecule has 188 valence electrons. The van der Waals surface area contributed by atoms with Gasteiger partial charge in [0.25, 0.3) is 5.91 Å². The Balaban J connectivity index is 0.00000342. The normalized spacial score (nSPS) is 14.1. The maximum Gasteiger partial charge on any atom is 0.257 e. The Bertz CT molecular complexity index is 1130. The highest BCUT2D eigenvalue weighted by Crippen LogP contribution is 2.30. The van der Waals surface area contributed by atoms with Crippen LogP contribution in [0, 0.1) is 5.82 Å². The lowest BCUT2D eigenvalue weighted by Crippen LogP contribution is -2.33. The highest BCUT2D eigenvalue weighted by Gasteiger charge is 2.27. The van der Waals surface area contributed by atoms with Gasteiger partial charge in [-0.1, -0.05) is 12.1 Å². The van der Waals surface area contributed by atoms with Crippen molar-refractivity contribution in [2.75, 3.05) is 45.7 Å². The number of hydrogen-bond donors (Lipinski definition) is 1. The second-order valence-corrected chi connectivity index (χ2v) is 9.14. The topological polar surface area (TPSA) is 66.9 Å². The minimum atomic E-state index is -0.394.